The van der Waals surface area contributed by atoms with Gasteiger partial charge in [-0.1, -0.05) is 0 Å². The summed E-state index contributed by atoms with van der Waals surface area (Å²) < 4.78 is 62.5. The third kappa shape index (κ3) is 4.02. The molecule has 0 spiro atoms. The molecule has 0 saturated heterocycles. The molecule has 0 radical (unpaired) electrons. The monoisotopic (exact) mass is 384 g/mol. The second-order valence-electron chi connectivity index (χ2n) is 6.12. The molecule has 1 aliphatic rings. The Kier molecular flexibility index (Phi) is 5.31. The number of fused-ring (bicyclic) bond motifs is 1. The van der Waals surface area contributed by atoms with Crippen molar-refractivity contribution in [2.75, 3.05) is 0 Å². The SMILES string of the molecule is CC(OC(F)F)[C@H]1CCc2c(-c3ccc(F)cc3F)cc(C(N)=O)nc2O1. The summed E-state index contributed by atoms with van der Waals surface area (Å²) in [4.78, 5) is 15.6. The second kappa shape index (κ2) is 7.51. The molecule has 9 heteroatoms. The molecule has 1 aromatic carbocycles. The van der Waals surface area contributed by atoms with E-state index in [-0.39, 0.29) is 22.7 Å². The number of hydrogen-bond acceptors (Lipinski definition) is 4. The number of nitrogens with two attached hydrogens (primary N) is 1. The van der Waals surface area contributed by atoms with Gasteiger partial charge in [0.05, 0.1) is 6.10 Å². The number of carbonyl (C=O) groups is 1. The van der Waals surface area contributed by atoms with Gasteiger partial charge < -0.3 is 15.2 Å². The van der Waals surface area contributed by atoms with Crippen LogP contribution < -0.4 is 10.5 Å². The maximum absolute atomic E-state index is 14.3. The van der Waals surface area contributed by atoms with E-state index in [4.69, 9.17) is 10.5 Å². The smallest absolute Gasteiger partial charge is 0.345 e. The number of hydrogen-bond donors (Lipinski definition) is 1. The van der Waals surface area contributed by atoms with Gasteiger partial charge in [0.25, 0.3) is 5.91 Å². The van der Waals surface area contributed by atoms with Gasteiger partial charge in [0.15, 0.2) is 0 Å². The number of primary amides is 1. The summed E-state index contributed by atoms with van der Waals surface area (Å²) in [6, 6.07) is 4.34. The second-order valence-corrected chi connectivity index (χ2v) is 6.12. The van der Waals surface area contributed by atoms with E-state index in [1.807, 2.05) is 0 Å². The van der Waals surface area contributed by atoms with E-state index in [0.717, 1.165) is 12.1 Å². The summed E-state index contributed by atoms with van der Waals surface area (Å²) in [7, 11) is 0. The van der Waals surface area contributed by atoms with Crippen LogP contribution in [0.1, 0.15) is 29.4 Å². The highest BCUT2D eigenvalue weighted by molar-refractivity contribution is 5.93. The van der Waals surface area contributed by atoms with Crippen LogP contribution in [0.15, 0.2) is 24.3 Å². The fraction of sp³-hybridized carbons (Fsp3) is 0.333. The number of amides is 1. The van der Waals surface area contributed by atoms with E-state index >= 15 is 0 Å². The van der Waals surface area contributed by atoms with E-state index in [0.29, 0.717) is 18.4 Å². The summed E-state index contributed by atoms with van der Waals surface area (Å²) >= 11 is 0. The molecule has 1 amide bonds. The molecule has 27 heavy (non-hydrogen) atoms. The van der Waals surface area contributed by atoms with Gasteiger partial charge in [-0.05, 0) is 43.5 Å². The average Bonchev–Trinajstić information content (AvgIpc) is 2.59. The molecule has 144 valence electrons. The predicted octanol–water partition coefficient (Wildman–Crippen LogP) is 3.45. The minimum atomic E-state index is -2.96. The Bertz CT molecular complexity index is 876. The largest absolute Gasteiger partial charge is 0.471 e. The van der Waals surface area contributed by atoms with Crippen LogP contribution in [0, 0.1) is 11.6 Å². The lowest BCUT2D eigenvalue weighted by Crippen LogP contribution is -2.36. The van der Waals surface area contributed by atoms with Crippen LogP contribution in [0.2, 0.25) is 0 Å². The van der Waals surface area contributed by atoms with Gasteiger partial charge in [-0.2, -0.15) is 8.78 Å². The Morgan fingerprint density at radius 2 is 2.04 bits per heavy atom. The molecule has 0 bridgehead atoms. The summed E-state index contributed by atoms with van der Waals surface area (Å²) in [6.07, 6.45) is -1.03. The highest BCUT2D eigenvalue weighted by atomic mass is 19.3. The van der Waals surface area contributed by atoms with Crippen molar-refractivity contribution >= 4 is 5.91 Å². The zero-order chi connectivity index (χ0) is 19.7. The van der Waals surface area contributed by atoms with Gasteiger partial charge in [-0.15, -0.1) is 0 Å². The number of halogens is 4. The maximum Gasteiger partial charge on any atom is 0.345 e. The van der Waals surface area contributed by atoms with Crippen LogP contribution in [-0.2, 0) is 11.2 Å². The topological polar surface area (TPSA) is 74.4 Å². The van der Waals surface area contributed by atoms with Crippen molar-refractivity contribution in [3.63, 3.8) is 0 Å². The lowest BCUT2D eigenvalue weighted by atomic mass is 9.93. The highest BCUT2D eigenvalue weighted by Crippen LogP contribution is 2.37. The van der Waals surface area contributed by atoms with E-state index in [2.05, 4.69) is 9.72 Å². The summed E-state index contributed by atoms with van der Waals surface area (Å²) in [5.74, 6) is -2.45. The lowest BCUT2D eigenvalue weighted by molar-refractivity contribution is -0.180. The first-order chi connectivity index (χ1) is 12.8. The average molecular weight is 384 g/mol. The molecule has 2 atom stereocenters. The number of carbonyl (C=O) groups excluding carboxylic acids is 1. The fourth-order valence-electron chi connectivity index (χ4n) is 3.03. The zero-order valence-corrected chi connectivity index (χ0v) is 14.2. The number of rotatable bonds is 5. The zero-order valence-electron chi connectivity index (χ0n) is 14.2. The summed E-state index contributed by atoms with van der Waals surface area (Å²) in [6.45, 7) is -1.53. The Morgan fingerprint density at radius 3 is 2.67 bits per heavy atom. The third-order valence-electron chi connectivity index (χ3n) is 4.34. The standard InChI is InChI=1S/C18H16F4N2O3/c1-8(26-18(21)22)15-5-4-11-12(10-3-2-9(19)6-13(10)20)7-14(16(23)25)24-17(11)27-15/h2-3,6-8,15,18H,4-5H2,1H3,(H2,23,25)/t8?,15-/m1/s1. The quantitative estimate of drug-likeness (QED) is 0.802. The van der Waals surface area contributed by atoms with Gasteiger partial charge >= 0.3 is 6.61 Å². The van der Waals surface area contributed by atoms with Gasteiger partial charge in [-0.25, -0.2) is 13.8 Å². The molecule has 3 rings (SSSR count). The molecule has 2 heterocycles. The van der Waals surface area contributed by atoms with Crippen molar-refractivity contribution in [2.24, 2.45) is 5.73 Å². The third-order valence-corrected chi connectivity index (χ3v) is 4.34. The van der Waals surface area contributed by atoms with Crippen molar-refractivity contribution < 1.29 is 31.8 Å². The highest BCUT2D eigenvalue weighted by Gasteiger charge is 2.31. The number of nitrogens with zero attached hydrogens (tertiary/aromatic N) is 1. The molecular weight excluding hydrogens is 368 g/mol. The van der Waals surface area contributed by atoms with Crippen molar-refractivity contribution in [3.05, 3.63) is 47.2 Å². The molecule has 1 aliphatic heterocycles. The first kappa shape index (κ1) is 19.1. The van der Waals surface area contributed by atoms with E-state index < -0.39 is 36.4 Å². The molecule has 0 saturated carbocycles. The molecule has 1 unspecified atom stereocenters. The first-order valence-electron chi connectivity index (χ1n) is 8.15. The number of aromatic nitrogens is 1. The molecule has 0 aliphatic carbocycles. The van der Waals surface area contributed by atoms with E-state index in [1.165, 1.54) is 19.1 Å². The Hall–Kier alpha value is -2.68. The van der Waals surface area contributed by atoms with Crippen molar-refractivity contribution in [1.29, 1.82) is 0 Å². The minimum Gasteiger partial charge on any atom is -0.471 e. The molecular formula is C18H16F4N2O3. The van der Waals surface area contributed by atoms with Gasteiger partial charge in [0.1, 0.15) is 23.4 Å². The fourth-order valence-corrected chi connectivity index (χ4v) is 3.03. The van der Waals surface area contributed by atoms with E-state index in [1.54, 1.807) is 0 Å². The van der Waals surface area contributed by atoms with Crippen LogP contribution in [0.5, 0.6) is 5.88 Å². The van der Waals surface area contributed by atoms with Crippen molar-refractivity contribution in [1.82, 2.24) is 4.98 Å². The van der Waals surface area contributed by atoms with E-state index in [9.17, 15) is 22.4 Å². The van der Waals surface area contributed by atoms with Gasteiger partial charge in [0.2, 0.25) is 5.88 Å². The Morgan fingerprint density at radius 1 is 1.30 bits per heavy atom. The van der Waals surface area contributed by atoms with Crippen molar-refractivity contribution in [2.45, 2.75) is 38.6 Å². The number of ether oxygens (including phenoxy) is 2. The number of benzene rings is 1. The summed E-state index contributed by atoms with van der Waals surface area (Å²) in [5, 5.41) is 0. The number of pyridine rings is 1. The molecule has 2 aromatic rings. The van der Waals surface area contributed by atoms with Crippen LogP contribution in [0.4, 0.5) is 17.6 Å². The summed E-state index contributed by atoms with van der Waals surface area (Å²) in [5.41, 5.74) is 5.91. The van der Waals surface area contributed by atoms with Gasteiger partial charge in [-0.3, -0.25) is 4.79 Å². The Labute approximate surface area is 152 Å². The lowest BCUT2D eigenvalue weighted by Gasteiger charge is -2.30. The number of alkyl halides is 2. The normalized spacial score (nSPS) is 17.3. The Balaban J connectivity index is 2.05. The van der Waals surface area contributed by atoms with Crippen LogP contribution >= 0.6 is 0 Å². The maximum atomic E-state index is 14.3. The van der Waals surface area contributed by atoms with Crippen LogP contribution in [0.3, 0.4) is 0 Å². The molecule has 0 fully saturated rings. The van der Waals surface area contributed by atoms with Crippen molar-refractivity contribution in [3.8, 4) is 17.0 Å². The van der Waals surface area contributed by atoms with Crippen LogP contribution in [-0.4, -0.2) is 29.7 Å². The molecule has 2 N–H and O–H groups in total. The first-order valence-corrected chi connectivity index (χ1v) is 8.15. The molecule has 5 nitrogen and oxygen atoms in total. The van der Waals surface area contributed by atoms with Gasteiger partial charge in [0, 0.05) is 17.2 Å². The molecule has 1 aromatic heterocycles. The van der Waals surface area contributed by atoms with Crippen LogP contribution in [0.25, 0.3) is 11.1 Å². The predicted molar refractivity (Wildman–Crippen MR) is 87.4 cm³/mol. The minimum absolute atomic E-state index is 0.00834.